The quantitative estimate of drug-likeness (QED) is 0.313. The Morgan fingerprint density at radius 2 is 1.72 bits per heavy atom. The molecule has 4 heteroatoms. The Labute approximate surface area is 184 Å². The van der Waals surface area contributed by atoms with Crippen LogP contribution in [0.1, 0.15) is 16.7 Å². The van der Waals surface area contributed by atoms with E-state index in [-0.39, 0.29) is 0 Å². The molecule has 0 amide bonds. The first-order valence-corrected chi connectivity index (χ1v) is 10.6. The van der Waals surface area contributed by atoms with E-state index in [9.17, 15) is 0 Å². The SMILES string of the molecule is Cc1ccc(NCc2cc(Br)ccc2OCc2cccc3ccccc23)cc1Cl. The standard InChI is InChI=1S/C25H21BrClNO/c1-17-9-11-22(14-24(17)27)28-15-20-13-21(26)10-12-25(20)29-16-19-7-4-6-18-5-2-3-8-23(18)19/h2-14,28H,15-16H2,1H3. The number of halogens is 2. The average Bonchev–Trinajstić information content (AvgIpc) is 2.74. The van der Waals surface area contributed by atoms with E-state index in [4.69, 9.17) is 16.3 Å². The second-order valence-corrected chi connectivity index (χ2v) is 8.32. The van der Waals surface area contributed by atoms with Gasteiger partial charge in [-0.3, -0.25) is 0 Å². The lowest BCUT2D eigenvalue weighted by molar-refractivity contribution is 0.304. The van der Waals surface area contributed by atoms with Crippen molar-refractivity contribution in [3.05, 3.63) is 105 Å². The lowest BCUT2D eigenvalue weighted by Crippen LogP contribution is -2.04. The second kappa shape index (κ2) is 8.89. The third-order valence-corrected chi connectivity index (χ3v) is 5.84. The van der Waals surface area contributed by atoms with Crippen molar-refractivity contribution >= 4 is 44.0 Å². The summed E-state index contributed by atoms with van der Waals surface area (Å²) in [5, 5.41) is 6.65. The molecule has 2 nitrogen and oxygen atoms in total. The molecule has 0 bridgehead atoms. The molecule has 0 spiro atoms. The van der Waals surface area contributed by atoms with Crippen molar-refractivity contribution in [1.82, 2.24) is 0 Å². The summed E-state index contributed by atoms with van der Waals surface area (Å²) < 4.78 is 7.25. The van der Waals surface area contributed by atoms with Gasteiger partial charge in [0, 0.05) is 27.3 Å². The molecule has 29 heavy (non-hydrogen) atoms. The van der Waals surface area contributed by atoms with Crippen LogP contribution in [0.3, 0.4) is 0 Å². The summed E-state index contributed by atoms with van der Waals surface area (Å²) >= 11 is 9.81. The molecular formula is C25H21BrClNO. The molecule has 0 aliphatic heterocycles. The van der Waals surface area contributed by atoms with Crippen molar-refractivity contribution in [2.45, 2.75) is 20.1 Å². The van der Waals surface area contributed by atoms with Crippen molar-refractivity contribution in [3.63, 3.8) is 0 Å². The van der Waals surface area contributed by atoms with Crippen LogP contribution in [0.15, 0.2) is 83.3 Å². The number of anilines is 1. The number of fused-ring (bicyclic) bond motifs is 1. The lowest BCUT2D eigenvalue weighted by Gasteiger charge is -2.15. The Morgan fingerprint density at radius 3 is 2.59 bits per heavy atom. The van der Waals surface area contributed by atoms with Gasteiger partial charge in [-0.25, -0.2) is 0 Å². The molecule has 0 atom stereocenters. The van der Waals surface area contributed by atoms with Crippen LogP contribution in [0, 0.1) is 6.92 Å². The zero-order valence-corrected chi connectivity index (χ0v) is 18.4. The van der Waals surface area contributed by atoms with E-state index in [2.05, 4.69) is 69.8 Å². The molecule has 0 aliphatic carbocycles. The highest BCUT2D eigenvalue weighted by molar-refractivity contribution is 9.10. The van der Waals surface area contributed by atoms with Gasteiger partial charge in [0.15, 0.2) is 0 Å². The monoisotopic (exact) mass is 465 g/mol. The Morgan fingerprint density at radius 1 is 0.897 bits per heavy atom. The molecule has 0 saturated heterocycles. The highest BCUT2D eigenvalue weighted by atomic mass is 79.9. The summed E-state index contributed by atoms with van der Waals surface area (Å²) in [6.45, 7) is 3.16. The molecule has 0 saturated carbocycles. The summed E-state index contributed by atoms with van der Waals surface area (Å²) in [7, 11) is 0. The predicted molar refractivity (Wildman–Crippen MR) is 126 cm³/mol. The summed E-state index contributed by atoms with van der Waals surface area (Å²) in [6.07, 6.45) is 0. The Kier molecular flexibility index (Phi) is 6.08. The zero-order chi connectivity index (χ0) is 20.2. The van der Waals surface area contributed by atoms with E-state index in [0.717, 1.165) is 32.1 Å². The minimum absolute atomic E-state index is 0.520. The first-order chi connectivity index (χ1) is 14.1. The van der Waals surface area contributed by atoms with Gasteiger partial charge in [0.05, 0.1) is 0 Å². The van der Waals surface area contributed by atoms with Crippen molar-refractivity contribution in [3.8, 4) is 5.75 Å². The number of hydrogen-bond acceptors (Lipinski definition) is 2. The third kappa shape index (κ3) is 4.75. The molecule has 146 valence electrons. The lowest BCUT2D eigenvalue weighted by atomic mass is 10.1. The van der Waals surface area contributed by atoms with Crippen LogP contribution in [0.5, 0.6) is 5.75 Å². The fraction of sp³-hybridized carbons (Fsp3) is 0.120. The first kappa shape index (κ1) is 19.8. The Bertz CT molecular complexity index is 1150. The van der Waals surface area contributed by atoms with Gasteiger partial charge in [-0.2, -0.15) is 0 Å². The highest BCUT2D eigenvalue weighted by Crippen LogP contribution is 2.27. The summed E-state index contributed by atoms with van der Waals surface area (Å²) in [4.78, 5) is 0. The smallest absolute Gasteiger partial charge is 0.124 e. The first-order valence-electron chi connectivity index (χ1n) is 9.48. The van der Waals surface area contributed by atoms with Crippen LogP contribution in [-0.2, 0) is 13.2 Å². The molecule has 4 rings (SSSR count). The van der Waals surface area contributed by atoms with E-state index >= 15 is 0 Å². The van der Waals surface area contributed by atoms with Crippen molar-refractivity contribution < 1.29 is 4.74 Å². The van der Waals surface area contributed by atoms with Gasteiger partial charge < -0.3 is 10.1 Å². The maximum Gasteiger partial charge on any atom is 0.124 e. The fourth-order valence-corrected chi connectivity index (χ4v) is 3.89. The van der Waals surface area contributed by atoms with Crippen LogP contribution in [0.2, 0.25) is 5.02 Å². The second-order valence-electron chi connectivity index (χ2n) is 7.00. The number of aryl methyl sites for hydroxylation is 1. The van der Waals surface area contributed by atoms with Crippen molar-refractivity contribution in [1.29, 1.82) is 0 Å². The molecule has 0 fully saturated rings. The van der Waals surface area contributed by atoms with Gasteiger partial charge in [-0.05, 0) is 59.2 Å². The van der Waals surface area contributed by atoms with Crippen LogP contribution < -0.4 is 10.1 Å². The van der Waals surface area contributed by atoms with E-state index in [1.807, 2.05) is 37.3 Å². The van der Waals surface area contributed by atoms with Gasteiger partial charge in [0.2, 0.25) is 0 Å². The predicted octanol–water partition coefficient (Wildman–Crippen LogP) is 7.76. The molecule has 0 aromatic heterocycles. The minimum Gasteiger partial charge on any atom is -0.489 e. The van der Waals surface area contributed by atoms with E-state index in [0.29, 0.717) is 13.2 Å². The van der Waals surface area contributed by atoms with E-state index in [1.54, 1.807) is 0 Å². The average molecular weight is 467 g/mol. The largest absolute Gasteiger partial charge is 0.489 e. The molecule has 0 radical (unpaired) electrons. The molecule has 4 aromatic carbocycles. The van der Waals surface area contributed by atoms with Crippen molar-refractivity contribution in [2.75, 3.05) is 5.32 Å². The van der Waals surface area contributed by atoms with Gasteiger partial charge in [0.1, 0.15) is 12.4 Å². The number of ether oxygens (including phenoxy) is 1. The van der Waals surface area contributed by atoms with E-state index < -0.39 is 0 Å². The molecule has 0 heterocycles. The Balaban J connectivity index is 1.52. The summed E-state index contributed by atoms with van der Waals surface area (Å²) in [5.74, 6) is 0.867. The number of nitrogens with one attached hydrogen (secondary N) is 1. The number of benzene rings is 4. The summed E-state index contributed by atoms with van der Waals surface area (Å²) in [6, 6.07) is 26.8. The molecule has 4 aromatic rings. The van der Waals surface area contributed by atoms with Crippen LogP contribution in [0.4, 0.5) is 5.69 Å². The number of hydrogen-bond donors (Lipinski definition) is 1. The van der Waals surface area contributed by atoms with Crippen LogP contribution in [0.25, 0.3) is 10.8 Å². The highest BCUT2D eigenvalue weighted by Gasteiger charge is 2.08. The summed E-state index contributed by atoms with van der Waals surface area (Å²) in [5.41, 5.74) is 4.31. The fourth-order valence-electron chi connectivity index (χ4n) is 3.30. The maximum atomic E-state index is 6.25. The third-order valence-electron chi connectivity index (χ3n) is 4.94. The topological polar surface area (TPSA) is 21.3 Å². The zero-order valence-electron chi connectivity index (χ0n) is 16.1. The molecule has 0 unspecified atom stereocenters. The van der Waals surface area contributed by atoms with Gasteiger partial charge in [-0.1, -0.05) is 76.1 Å². The van der Waals surface area contributed by atoms with Gasteiger partial charge in [0.25, 0.3) is 0 Å². The number of rotatable bonds is 6. The minimum atomic E-state index is 0.520. The van der Waals surface area contributed by atoms with Crippen LogP contribution in [-0.4, -0.2) is 0 Å². The molecular weight excluding hydrogens is 446 g/mol. The van der Waals surface area contributed by atoms with E-state index in [1.165, 1.54) is 16.3 Å². The normalized spacial score (nSPS) is 10.9. The Hall–Kier alpha value is -2.49. The maximum absolute atomic E-state index is 6.25. The molecule has 0 aliphatic rings. The van der Waals surface area contributed by atoms with Crippen LogP contribution >= 0.6 is 27.5 Å². The van der Waals surface area contributed by atoms with Gasteiger partial charge in [-0.15, -0.1) is 0 Å². The van der Waals surface area contributed by atoms with Gasteiger partial charge >= 0.3 is 0 Å². The van der Waals surface area contributed by atoms with Crippen molar-refractivity contribution in [2.24, 2.45) is 0 Å². The molecule has 1 N–H and O–H groups in total.